The number of fused-ring (bicyclic) bond motifs is 7. The van der Waals surface area contributed by atoms with Crippen LogP contribution in [0.3, 0.4) is 0 Å². The van der Waals surface area contributed by atoms with Crippen molar-refractivity contribution in [2.24, 2.45) is 7.05 Å². The van der Waals surface area contributed by atoms with Gasteiger partial charge in [0.1, 0.15) is 55.3 Å². The maximum Gasteiger partial charge on any atom is 0.320 e. The van der Waals surface area contributed by atoms with Crippen LogP contribution < -0.4 is 20.7 Å². The third-order valence-corrected chi connectivity index (χ3v) is 20.2. The monoisotopic (exact) mass is 791 g/mol. The lowest BCUT2D eigenvalue weighted by Crippen LogP contribution is -2.51. The highest BCUT2D eigenvalue weighted by Gasteiger charge is 2.49. The zero-order chi connectivity index (χ0) is 40.0. The number of rotatable bonds is 8. The van der Waals surface area contributed by atoms with Crippen LogP contribution in [0, 0.1) is 17.3 Å². The van der Waals surface area contributed by atoms with Crippen molar-refractivity contribution >= 4 is 52.4 Å². The molecule has 4 saturated heterocycles. The number of nitrogens with two attached hydrogens (primary N) is 1. The summed E-state index contributed by atoms with van der Waals surface area (Å²) in [5.41, 5.74) is 13.9. The van der Waals surface area contributed by atoms with Crippen molar-refractivity contribution in [2.75, 3.05) is 43.4 Å². The van der Waals surface area contributed by atoms with E-state index in [0.717, 1.165) is 72.8 Å². The molecule has 0 spiro atoms. The zero-order valence-corrected chi connectivity index (χ0v) is 35.3. The second-order valence-electron chi connectivity index (χ2n) is 18.1. The number of ether oxygens (including phenoxy) is 1. The molecule has 4 aromatic heterocycles. The predicted octanol–water partition coefficient (Wildman–Crippen LogP) is 7.92. The van der Waals surface area contributed by atoms with Crippen molar-refractivity contribution in [1.82, 2.24) is 34.7 Å². The molecule has 10 nitrogen and oxygen atoms in total. The average Bonchev–Trinajstić information content (AvgIpc) is 3.89. The average molecular weight is 792 g/mol. The molecule has 0 radical (unpaired) electrons. The summed E-state index contributed by atoms with van der Waals surface area (Å²) >= 11 is 0. The standard InChI is InChI=1S/C44H55F2N9OSi/c1-25(2)57(26(3)4,27(5)6)18-14-32-34(46)12-9-28-19-35(47)50-38(36(28)32)39-40-33(13-16-48-39)37-41(53(40)7)51-43(52-42(37)54-22-30-10-11-31(23-54)49-30)56-24-44-15-8-17-55(44)21-29(45)20-44/h9,12-13,16,19,25-27,29-31,49H,8,10-11,15,17,20-24H2,1-7H3,(H2,47,50)/t29-,30-,31+,44+/m1/s1. The van der Waals surface area contributed by atoms with Crippen molar-refractivity contribution < 1.29 is 13.5 Å². The fourth-order valence-electron chi connectivity index (χ4n) is 11.3. The van der Waals surface area contributed by atoms with Crippen LogP contribution >= 0.6 is 0 Å². The molecule has 0 saturated carbocycles. The van der Waals surface area contributed by atoms with Gasteiger partial charge in [0, 0.05) is 62.2 Å². The molecule has 0 unspecified atom stereocenters. The molecule has 4 aliphatic rings. The molecule has 57 heavy (non-hydrogen) atoms. The first kappa shape index (κ1) is 38.2. The summed E-state index contributed by atoms with van der Waals surface area (Å²) in [5.74, 6) is 4.16. The smallest absolute Gasteiger partial charge is 0.320 e. The zero-order valence-electron chi connectivity index (χ0n) is 34.3. The van der Waals surface area contributed by atoms with Crippen LogP contribution in [0.4, 0.5) is 20.4 Å². The molecule has 0 amide bonds. The molecular weight excluding hydrogens is 737 g/mol. The van der Waals surface area contributed by atoms with E-state index in [9.17, 15) is 4.39 Å². The van der Waals surface area contributed by atoms with Crippen molar-refractivity contribution in [3.8, 4) is 28.9 Å². The van der Waals surface area contributed by atoms with E-state index in [4.69, 9.17) is 30.4 Å². The van der Waals surface area contributed by atoms with E-state index in [1.165, 1.54) is 6.07 Å². The molecular formula is C44H55F2N9OSi. The topological polar surface area (TPSA) is 110 Å². The van der Waals surface area contributed by atoms with E-state index in [2.05, 4.69) is 68.1 Å². The SMILES string of the molecule is CC(C)[Si](C#Cc1c(F)ccc2cc(N)nc(-c3nccc4c5c(N6C[C@H]7CC[C@@H](C6)N7)nc(OC[C@@]67CCCN6C[C@H](F)C7)nc5n(C)c34)c12)(C(C)C)C(C)C. The number of nitrogens with one attached hydrogen (secondary N) is 1. The number of hydrogen-bond donors (Lipinski definition) is 2. The number of piperazine rings is 1. The number of nitrogen functional groups attached to an aromatic ring is 1. The number of aromatic nitrogens is 5. The van der Waals surface area contributed by atoms with Crippen LogP contribution in [0.1, 0.15) is 79.2 Å². The van der Waals surface area contributed by atoms with Gasteiger partial charge < -0.3 is 25.3 Å². The van der Waals surface area contributed by atoms with E-state index >= 15 is 4.39 Å². The maximum atomic E-state index is 16.3. The van der Waals surface area contributed by atoms with Gasteiger partial charge in [-0.2, -0.15) is 9.97 Å². The fourth-order valence-corrected chi connectivity index (χ4v) is 16.5. The molecule has 0 aliphatic carbocycles. The van der Waals surface area contributed by atoms with Crippen LogP contribution in [0.15, 0.2) is 30.5 Å². The molecule has 1 aromatic carbocycles. The molecule has 13 heteroatoms. The van der Waals surface area contributed by atoms with E-state index in [-0.39, 0.29) is 11.5 Å². The Kier molecular flexibility index (Phi) is 9.48. The van der Waals surface area contributed by atoms with Crippen molar-refractivity contribution in [2.45, 2.75) is 114 Å². The molecule has 4 aliphatic heterocycles. The first-order valence-electron chi connectivity index (χ1n) is 20.9. The highest BCUT2D eigenvalue weighted by Crippen LogP contribution is 2.44. The number of pyridine rings is 2. The number of alkyl halides is 1. The highest BCUT2D eigenvalue weighted by molar-refractivity contribution is 6.90. The third-order valence-electron chi connectivity index (χ3n) is 13.9. The Hall–Kier alpha value is -4.38. The Bertz CT molecular complexity index is 2420. The molecule has 4 atom stereocenters. The van der Waals surface area contributed by atoms with Crippen molar-refractivity contribution in [3.05, 3.63) is 41.8 Å². The number of benzene rings is 1. The summed E-state index contributed by atoms with van der Waals surface area (Å²) in [6.07, 6.45) is 5.57. The summed E-state index contributed by atoms with van der Waals surface area (Å²) in [7, 11) is -0.238. The number of anilines is 2. The molecule has 3 N–H and O–H groups in total. The minimum atomic E-state index is -2.21. The van der Waals surface area contributed by atoms with E-state index in [1.54, 1.807) is 18.3 Å². The van der Waals surface area contributed by atoms with Gasteiger partial charge in [0.2, 0.25) is 0 Å². The van der Waals surface area contributed by atoms with E-state index in [0.29, 0.717) is 82.1 Å². The Labute approximate surface area is 335 Å². The minimum Gasteiger partial charge on any atom is -0.461 e. The lowest BCUT2D eigenvalue weighted by Gasteiger charge is -2.38. The van der Waals surface area contributed by atoms with Gasteiger partial charge in [-0.05, 0) is 72.4 Å². The number of aryl methyl sites for hydroxylation is 1. The van der Waals surface area contributed by atoms with Crippen LogP contribution in [-0.2, 0) is 7.05 Å². The normalized spacial score (nSPS) is 23.8. The summed E-state index contributed by atoms with van der Waals surface area (Å²) < 4.78 is 39.6. The Balaban J connectivity index is 1.25. The van der Waals surface area contributed by atoms with Crippen LogP contribution in [0.5, 0.6) is 6.01 Å². The van der Waals surface area contributed by atoms with Gasteiger partial charge >= 0.3 is 6.01 Å². The van der Waals surface area contributed by atoms with Crippen LogP contribution in [0.25, 0.3) is 44.1 Å². The van der Waals surface area contributed by atoms with Gasteiger partial charge in [0.05, 0.1) is 22.0 Å². The van der Waals surface area contributed by atoms with Gasteiger partial charge in [-0.25, -0.2) is 13.8 Å². The van der Waals surface area contributed by atoms with Gasteiger partial charge in [-0.1, -0.05) is 53.5 Å². The third kappa shape index (κ3) is 6.16. The first-order valence-corrected chi connectivity index (χ1v) is 23.1. The second-order valence-corrected chi connectivity index (χ2v) is 23.7. The van der Waals surface area contributed by atoms with Gasteiger partial charge in [-0.15, -0.1) is 5.54 Å². The summed E-state index contributed by atoms with van der Waals surface area (Å²) in [6.45, 7) is 16.9. The van der Waals surface area contributed by atoms with E-state index < -0.39 is 20.1 Å². The number of nitrogens with zero attached hydrogens (tertiary/aromatic N) is 7. The van der Waals surface area contributed by atoms with Crippen molar-refractivity contribution in [1.29, 1.82) is 0 Å². The molecule has 9 rings (SSSR count). The van der Waals surface area contributed by atoms with Gasteiger partial charge in [0.25, 0.3) is 0 Å². The summed E-state index contributed by atoms with van der Waals surface area (Å²) in [4.78, 5) is 24.8. The lowest BCUT2D eigenvalue weighted by atomic mass is 9.95. The number of hydrogen-bond acceptors (Lipinski definition) is 9. The molecule has 8 heterocycles. The van der Waals surface area contributed by atoms with Crippen molar-refractivity contribution in [3.63, 3.8) is 0 Å². The Morgan fingerprint density at radius 3 is 2.44 bits per heavy atom. The van der Waals surface area contributed by atoms with E-state index in [1.807, 2.05) is 17.7 Å². The predicted molar refractivity (Wildman–Crippen MR) is 228 cm³/mol. The van der Waals surface area contributed by atoms with Crippen LogP contribution in [0.2, 0.25) is 16.6 Å². The molecule has 4 fully saturated rings. The fraction of sp³-hybridized carbons (Fsp3) is 0.545. The molecule has 300 valence electrons. The van der Waals surface area contributed by atoms with Gasteiger partial charge in [0.15, 0.2) is 0 Å². The largest absolute Gasteiger partial charge is 0.461 e. The summed E-state index contributed by atoms with van der Waals surface area (Å²) in [5, 5.41) is 6.91. The summed E-state index contributed by atoms with van der Waals surface area (Å²) in [6, 6.07) is 8.06. The first-order chi connectivity index (χ1) is 27.3. The lowest BCUT2D eigenvalue weighted by molar-refractivity contribution is 0.107. The maximum absolute atomic E-state index is 16.3. The highest BCUT2D eigenvalue weighted by atomic mass is 28.3. The quantitative estimate of drug-likeness (QED) is 0.120. The number of halogens is 2. The Morgan fingerprint density at radius 2 is 1.72 bits per heavy atom. The van der Waals surface area contributed by atoms with Crippen LogP contribution in [-0.4, -0.2) is 94.1 Å². The van der Waals surface area contributed by atoms with Gasteiger partial charge in [-0.3, -0.25) is 9.88 Å². The Morgan fingerprint density at radius 1 is 0.982 bits per heavy atom. The minimum absolute atomic E-state index is 0.285. The second kappa shape index (κ2) is 14.2. The molecule has 5 aromatic rings. The molecule has 2 bridgehead atoms.